The number of hydrogen-bond donors (Lipinski definition) is 2. The van der Waals surface area contributed by atoms with E-state index in [0.717, 1.165) is 0 Å². The molecular weight excluding hydrogens is 466 g/mol. The minimum atomic E-state index is -0.485. The van der Waals surface area contributed by atoms with Gasteiger partial charge in [0, 0.05) is 36.3 Å². The molecular formula is C18H27N3O7S3. The Morgan fingerprint density at radius 3 is 2.68 bits per heavy atom. The van der Waals surface area contributed by atoms with Crippen LogP contribution in [0.1, 0.15) is 31.9 Å². The molecule has 0 radical (unpaired) electrons. The van der Waals surface area contributed by atoms with Crippen molar-refractivity contribution in [1.82, 2.24) is 9.55 Å². The van der Waals surface area contributed by atoms with Crippen LogP contribution in [0.15, 0.2) is 17.1 Å². The van der Waals surface area contributed by atoms with E-state index in [1.165, 1.54) is 39.4 Å². The van der Waals surface area contributed by atoms with Crippen LogP contribution >= 0.6 is 33.3 Å². The summed E-state index contributed by atoms with van der Waals surface area (Å²) in [4.78, 5) is 39.0. The van der Waals surface area contributed by atoms with Crippen molar-refractivity contribution in [2.45, 2.75) is 37.3 Å². The van der Waals surface area contributed by atoms with Gasteiger partial charge in [0.1, 0.15) is 30.7 Å². The zero-order chi connectivity index (χ0) is 22.5. The average Bonchev–Trinajstić information content (AvgIpc) is 3.21. The molecule has 1 aromatic rings. The van der Waals surface area contributed by atoms with Gasteiger partial charge in [-0.25, -0.2) is 4.79 Å². The molecule has 174 valence electrons. The van der Waals surface area contributed by atoms with Gasteiger partial charge in [0.15, 0.2) is 0 Å². The van der Waals surface area contributed by atoms with Gasteiger partial charge in [0.05, 0.1) is 6.61 Å². The van der Waals surface area contributed by atoms with E-state index < -0.39 is 11.9 Å². The highest BCUT2D eigenvalue weighted by Gasteiger charge is 2.29. The van der Waals surface area contributed by atoms with Gasteiger partial charge in [0.2, 0.25) is 0 Å². The quantitative estimate of drug-likeness (QED) is 0.220. The molecule has 10 nitrogen and oxygen atoms in total. The molecule has 13 heteroatoms. The number of ether oxygens (including phenoxy) is 3. The summed E-state index contributed by atoms with van der Waals surface area (Å²) in [5.74, 6) is 1.38. The maximum absolute atomic E-state index is 11.9. The standard InChI is InChI=1S/C18H27N3O7S3/c19-13-5-6-21(18(25)20-13)14-12-29-17(28-14)11-27-16(24)4-2-1-3-15(23)26-8-10-31-30-9-7-22/h5-6,14,17,22H,1-4,7-12H2,(H2,19,20,25). The average molecular weight is 494 g/mol. The summed E-state index contributed by atoms with van der Waals surface area (Å²) in [6, 6.07) is 1.52. The second kappa shape index (κ2) is 14.6. The minimum absolute atomic E-state index is 0.0884. The summed E-state index contributed by atoms with van der Waals surface area (Å²) >= 11 is 1.45. The van der Waals surface area contributed by atoms with E-state index in [9.17, 15) is 14.4 Å². The first-order chi connectivity index (χ1) is 15.0. The van der Waals surface area contributed by atoms with Crippen LogP contribution < -0.4 is 11.4 Å². The maximum atomic E-state index is 11.9. The molecule has 2 heterocycles. The molecule has 31 heavy (non-hydrogen) atoms. The number of esters is 2. The molecule has 0 spiro atoms. The van der Waals surface area contributed by atoms with Crippen molar-refractivity contribution < 1.29 is 28.9 Å². The molecule has 3 N–H and O–H groups in total. The Bertz CT molecular complexity index is 765. The summed E-state index contributed by atoms with van der Waals surface area (Å²) in [6.45, 7) is 0.559. The molecule has 2 rings (SSSR count). The van der Waals surface area contributed by atoms with E-state index in [4.69, 9.17) is 25.1 Å². The second-order valence-corrected chi connectivity index (χ2v) is 10.3. The number of anilines is 1. The number of carbonyl (C=O) groups is 2. The summed E-state index contributed by atoms with van der Waals surface area (Å²) in [5.41, 5.74) is 4.64. The number of nitrogens with zero attached hydrogens (tertiary/aromatic N) is 2. The fourth-order valence-electron chi connectivity index (χ4n) is 2.51. The van der Waals surface area contributed by atoms with Gasteiger partial charge in [-0.05, 0) is 18.9 Å². The number of nitrogens with two attached hydrogens (primary N) is 1. The van der Waals surface area contributed by atoms with Crippen LogP contribution in [0, 0.1) is 0 Å². The number of rotatable bonds is 14. The number of aliphatic hydroxyl groups is 1. The van der Waals surface area contributed by atoms with Crippen molar-refractivity contribution in [3.63, 3.8) is 0 Å². The first-order valence-electron chi connectivity index (χ1n) is 9.78. The van der Waals surface area contributed by atoms with Crippen LogP contribution in [-0.4, -0.2) is 69.1 Å². The molecule has 0 saturated carbocycles. The van der Waals surface area contributed by atoms with Gasteiger partial charge in [-0.1, -0.05) is 21.6 Å². The molecule has 0 aliphatic carbocycles. The Balaban J connectivity index is 1.52. The Labute approximate surface area is 192 Å². The van der Waals surface area contributed by atoms with E-state index in [2.05, 4.69) is 4.98 Å². The van der Waals surface area contributed by atoms with Crippen molar-refractivity contribution in [1.29, 1.82) is 0 Å². The number of aliphatic hydroxyl groups excluding tert-OH is 1. The topological polar surface area (TPSA) is 143 Å². The molecule has 1 saturated heterocycles. The molecule has 1 fully saturated rings. The van der Waals surface area contributed by atoms with Crippen molar-refractivity contribution in [3.8, 4) is 0 Å². The maximum Gasteiger partial charge on any atom is 0.351 e. The molecule has 0 bridgehead atoms. The largest absolute Gasteiger partial charge is 0.465 e. The van der Waals surface area contributed by atoms with E-state index >= 15 is 0 Å². The third-order valence-corrected chi connectivity index (χ3v) is 7.42. The van der Waals surface area contributed by atoms with Gasteiger partial charge in [0.25, 0.3) is 0 Å². The second-order valence-electron chi connectivity index (χ2n) is 6.37. The highest BCUT2D eigenvalue weighted by molar-refractivity contribution is 8.76. The molecule has 1 aliphatic rings. The van der Waals surface area contributed by atoms with Gasteiger partial charge in [-0.2, -0.15) is 4.98 Å². The van der Waals surface area contributed by atoms with Crippen LogP contribution in [0.4, 0.5) is 5.82 Å². The SMILES string of the molecule is Nc1ccn(C2CSC(COC(=O)CCCCC(=O)OCCSSCCO)O2)c(=O)n1. The Hall–Kier alpha value is -1.41. The predicted molar refractivity (Wildman–Crippen MR) is 122 cm³/mol. The highest BCUT2D eigenvalue weighted by Crippen LogP contribution is 2.31. The Morgan fingerprint density at radius 2 is 1.97 bits per heavy atom. The molecule has 0 amide bonds. The number of aromatic nitrogens is 2. The van der Waals surface area contributed by atoms with Crippen LogP contribution in [0.2, 0.25) is 0 Å². The number of thioether (sulfide) groups is 1. The fourth-order valence-corrected chi connectivity index (χ4v) is 5.10. The molecule has 2 unspecified atom stereocenters. The monoisotopic (exact) mass is 493 g/mol. The molecule has 2 atom stereocenters. The van der Waals surface area contributed by atoms with Crippen LogP contribution in [0.3, 0.4) is 0 Å². The number of hydrogen-bond acceptors (Lipinski definition) is 12. The van der Waals surface area contributed by atoms with E-state index in [0.29, 0.717) is 36.7 Å². The lowest BCUT2D eigenvalue weighted by molar-refractivity contribution is -0.148. The van der Waals surface area contributed by atoms with E-state index in [1.807, 2.05) is 0 Å². The lowest BCUT2D eigenvalue weighted by Gasteiger charge is -2.14. The van der Waals surface area contributed by atoms with Gasteiger partial charge in [-0.15, -0.1) is 11.8 Å². The zero-order valence-corrected chi connectivity index (χ0v) is 19.4. The summed E-state index contributed by atoms with van der Waals surface area (Å²) in [5, 5.41) is 8.65. The summed E-state index contributed by atoms with van der Waals surface area (Å²) < 4.78 is 17.4. The van der Waals surface area contributed by atoms with Crippen molar-refractivity contribution >= 4 is 51.1 Å². The number of nitrogen functional groups attached to an aromatic ring is 1. The van der Waals surface area contributed by atoms with Crippen molar-refractivity contribution in [3.05, 3.63) is 22.7 Å². The van der Waals surface area contributed by atoms with E-state index in [1.54, 1.807) is 10.8 Å². The molecule has 1 aromatic heterocycles. The van der Waals surface area contributed by atoms with Crippen LogP contribution in [0.25, 0.3) is 0 Å². The molecule has 1 aliphatic heterocycles. The van der Waals surface area contributed by atoms with Gasteiger partial charge in [-0.3, -0.25) is 14.2 Å². The number of unbranched alkanes of at least 4 members (excludes halogenated alkanes) is 1. The highest BCUT2D eigenvalue weighted by atomic mass is 33.1. The lowest BCUT2D eigenvalue weighted by Crippen LogP contribution is -2.29. The van der Waals surface area contributed by atoms with Crippen molar-refractivity contribution in [2.75, 3.05) is 42.8 Å². The fraction of sp³-hybridized carbons (Fsp3) is 0.667. The first kappa shape index (κ1) is 25.8. The Morgan fingerprint density at radius 1 is 1.26 bits per heavy atom. The Kier molecular flexibility index (Phi) is 12.2. The minimum Gasteiger partial charge on any atom is -0.465 e. The molecule has 0 aromatic carbocycles. The third-order valence-electron chi connectivity index (χ3n) is 3.98. The van der Waals surface area contributed by atoms with Crippen LogP contribution in [-0.2, 0) is 23.8 Å². The van der Waals surface area contributed by atoms with Gasteiger partial charge >= 0.3 is 17.6 Å². The normalized spacial score (nSPS) is 18.1. The predicted octanol–water partition coefficient (Wildman–Crippen LogP) is 1.43. The zero-order valence-electron chi connectivity index (χ0n) is 17.0. The van der Waals surface area contributed by atoms with Crippen molar-refractivity contribution in [2.24, 2.45) is 0 Å². The number of carbonyl (C=O) groups excluding carboxylic acids is 2. The summed E-state index contributed by atoms with van der Waals surface area (Å²) in [7, 11) is 3.08. The first-order valence-corrected chi connectivity index (χ1v) is 13.3. The summed E-state index contributed by atoms with van der Waals surface area (Å²) in [6.07, 6.45) is 2.60. The third kappa shape index (κ3) is 10.2. The van der Waals surface area contributed by atoms with E-state index in [-0.39, 0.29) is 49.2 Å². The van der Waals surface area contributed by atoms with Crippen LogP contribution in [0.5, 0.6) is 0 Å². The lowest BCUT2D eigenvalue weighted by atomic mass is 10.2. The van der Waals surface area contributed by atoms with Gasteiger partial charge < -0.3 is 25.1 Å². The smallest absolute Gasteiger partial charge is 0.351 e.